The summed E-state index contributed by atoms with van der Waals surface area (Å²) < 4.78 is 18.6. The molecule has 2 aromatic rings. The van der Waals surface area contributed by atoms with Gasteiger partial charge in [0.2, 0.25) is 0 Å². The fraction of sp³-hybridized carbons (Fsp3) is 0.294. The first-order valence-electron chi connectivity index (χ1n) is 7.34. The zero-order valence-electron chi connectivity index (χ0n) is 12.5. The molecule has 0 bridgehead atoms. The fourth-order valence-electron chi connectivity index (χ4n) is 1.94. The van der Waals surface area contributed by atoms with Crippen LogP contribution in [0.4, 0.5) is 15.8 Å². The smallest absolute Gasteiger partial charge is 0.141 e. The Bertz CT molecular complexity index is 607. The topological polar surface area (TPSA) is 33.3 Å². The van der Waals surface area contributed by atoms with Gasteiger partial charge in [-0.3, -0.25) is 0 Å². The first-order chi connectivity index (χ1) is 10.7. The van der Waals surface area contributed by atoms with Gasteiger partial charge in [0.05, 0.1) is 11.6 Å². The second-order valence-electron chi connectivity index (χ2n) is 4.86. The van der Waals surface area contributed by atoms with E-state index in [9.17, 15) is 4.39 Å². The van der Waals surface area contributed by atoms with Gasteiger partial charge in [-0.25, -0.2) is 4.39 Å². The molecule has 0 spiro atoms. The van der Waals surface area contributed by atoms with E-state index in [0.717, 1.165) is 36.7 Å². The van der Waals surface area contributed by atoms with Crippen molar-refractivity contribution < 1.29 is 9.13 Å². The van der Waals surface area contributed by atoms with Crippen LogP contribution in [0, 0.1) is 5.82 Å². The summed E-state index contributed by atoms with van der Waals surface area (Å²) in [5, 5.41) is 6.62. The van der Waals surface area contributed by atoms with Gasteiger partial charge in [-0.2, -0.15) is 0 Å². The van der Waals surface area contributed by atoms with Gasteiger partial charge in [-0.05, 0) is 36.8 Å². The highest BCUT2D eigenvalue weighted by molar-refractivity contribution is 6.31. The first kappa shape index (κ1) is 16.4. The lowest BCUT2D eigenvalue weighted by Crippen LogP contribution is -2.13. The van der Waals surface area contributed by atoms with Crippen molar-refractivity contribution in [1.82, 2.24) is 0 Å². The van der Waals surface area contributed by atoms with E-state index in [1.165, 1.54) is 6.07 Å². The average Bonchev–Trinajstić information content (AvgIpc) is 2.53. The van der Waals surface area contributed by atoms with Crippen LogP contribution in [0.5, 0.6) is 5.75 Å². The maximum Gasteiger partial charge on any atom is 0.141 e. The molecule has 2 aromatic carbocycles. The number of anilines is 2. The number of rotatable bonds is 8. The Morgan fingerprint density at radius 2 is 1.77 bits per heavy atom. The van der Waals surface area contributed by atoms with E-state index in [4.69, 9.17) is 16.3 Å². The zero-order chi connectivity index (χ0) is 15.8. The molecular formula is C17H20ClFN2O. The van der Waals surface area contributed by atoms with Crippen LogP contribution in [0.2, 0.25) is 5.02 Å². The van der Waals surface area contributed by atoms with Crippen LogP contribution in [-0.4, -0.2) is 19.7 Å². The van der Waals surface area contributed by atoms with E-state index in [1.807, 2.05) is 24.3 Å². The summed E-state index contributed by atoms with van der Waals surface area (Å²) in [6.07, 6.45) is 0.988. The van der Waals surface area contributed by atoms with E-state index in [1.54, 1.807) is 12.1 Å². The van der Waals surface area contributed by atoms with Crippen molar-refractivity contribution in [2.45, 2.75) is 13.3 Å². The molecule has 2 N–H and O–H groups in total. The molecule has 0 saturated heterocycles. The van der Waals surface area contributed by atoms with Crippen LogP contribution in [0.1, 0.15) is 13.3 Å². The summed E-state index contributed by atoms with van der Waals surface area (Å²) in [4.78, 5) is 0. The quantitative estimate of drug-likeness (QED) is 0.685. The molecule has 5 heteroatoms. The first-order valence-corrected chi connectivity index (χ1v) is 7.72. The molecule has 0 atom stereocenters. The second kappa shape index (κ2) is 8.49. The summed E-state index contributed by atoms with van der Waals surface area (Å²) in [6, 6.07) is 12.5. The van der Waals surface area contributed by atoms with Crippen molar-refractivity contribution in [3.05, 3.63) is 53.3 Å². The monoisotopic (exact) mass is 322 g/mol. The van der Waals surface area contributed by atoms with Crippen LogP contribution < -0.4 is 15.4 Å². The van der Waals surface area contributed by atoms with Crippen LogP contribution in [0.15, 0.2) is 42.5 Å². The lowest BCUT2D eigenvalue weighted by atomic mass is 10.3. The molecule has 0 saturated carbocycles. The molecule has 2 rings (SSSR count). The lowest BCUT2D eigenvalue weighted by molar-refractivity contribution is 0.317. The average molecular weight is 323 g/mol. The summed E-state index contributed by atoms with van der Waals surface area (Å²) in [6.45, 7) is 4.22. The minimum absolute atomic E-state index is 0.124. The largest absolute Gasteiger partial charge is 0.494 e. The van der Waals surface area contributed by atoms with Crippen molar-refractivity contribution in [1.29, 1.82) is 0 Å². The minimum atomic E-state index is -0.408. The Labute approximate surface area is 135 Å². The Morgan fingerprint density at radius 1 is 1.05 bits per heavy atom. The summed E-state index contributed by atoms with van der Waals surface area (Å²) in [5.41, 5.74) is 1.81. The molecule has 0 aliphatic heterocycles. The van der Waals surface area contributed by atoms with Gasteiger partial charge in [0.15, 0.2) is 0 Å². The summed E-state index contributed by atoms with van der Waals surface area (Å²) in [7, 11) is 0. The fourth-order valence-corrected chi connectivity index (χ4v) is 2.12. The van der Waals surface area contributed by atoms with Gasteiger partial charge in [-0.1, -0.05) is 24.6 Å². The van der Waals surface area contributed by atoms with Gasteiger partial charge < -0.3 is 15.4 Å². The van der Waals surface area contributed by atoms with Crippen molar-refractivity contribution >= 4 is 23.0 Å². The van der Waals surface area contributed by atoms with E-state index in [2.05, 4.69) is 17.6 Å². The third kappa shape index (κ3) is 5.11. The zero-order valence-corrected chi connectivity index (χ0v) is 13.3. The highest BCUT2D eigenvalue weighted by Gasteiger charge is 2.00. The standard InChI is InChI=1S/C17H20ClFN2O/c1-2-10-22-15-5-3-4-13(11-15)20-8-9-21-14-6-7-17(19)16(18)12-14/h3-7,11-12,20-21H,2,8-10H2,1H3. The highest BCUT2D eigenvalue weighted by atomic mass is 35.5. The van der Waals surface area contributed by atoms with Crippen molar-refractivity contribution in [2.75, 3.05) is 30.3 Å². The van der Waals surface area contributed by atoms with Gasteiger partial charge in [0.25, 0.3) is 0 Å². The van der Waals surface area contributed by atoms with E-state index in [0.29, 0.717) is 6.54 Å². The molecule has 0 aliphatic carbocycles. The molecular weight excluding hydrogens is 303 g/mol. The van der Waals surface area contributed by atoms with Crippen molar-refractivity contribution in [3.8, 4) is 5.75 Å². The van der Waals surface area contributed by atoms with Gasteiger partial charge in [0.1, 0.15) is 11.6 Å². The molecule has 0 heterocycles. The third-order valence-corrected chi connectivity index (χ3v) is 3.30. The van der Waals surface area contributed by atoms with Crippen LogP contribution in [0.3, 0.4) is 0 Å². The number of hydrogen-bond donors (Lipinski definition) is 2. The minimum Gasteiger partial charge on any atom is -0.494 e. The van der Waals surface area contributed by atoms with Crippen LogP contribution >= 0.6 is 11.6 Å². The van der Waals surface area contributed by atoms with Gasteiger partial charge in [0, 0.05) is 30.5 Å². The number of ether oxygens (including phenoxy) is 1. The summed E-state index contributed by atoms with van der Waals surface area (Å²) in [5.74, 6) is 0.458. The SMILES string of the molecule is CCCOc1cccc(NCCNc2ccc(F)c(Cl)c2)c1. The van der Waals surface area contributed by atoms with E-state index >= 15 is 0 Å². The molecule has 22 heavy (non-hydrogen) atoms. The van der Waals surface area contributed by atoms with E-state index in [-0.39, 0.29) is 5.02 Å². The molecule has 118 valence electrons. The Morgan fingerprint density at radius 3 is 2.45 bits per heavy atom. The molecule has 0 unspecified atom stereocenters. The highest BCUT2D eigenvalue weighted by Crippen LogP contribution is 2.19. The predicted molar refractivity (Wildman–Crippen MR) is 90.6 cm³/mol. The molecule has 0 radical (unpaired) electrons. The third-order valence-electron chi connectivity index (χ3n) is 3.01. The van der Waals surface area contributed by atoms with Crippen molar-refractivity contribution in [3.63, 3.8) is 0 Å². The molecule has 3 nitrogen and oxygen atoms in total. The molecule has 0 aliphatic rings. The maximum atomic E-state index is 13.1. The molecule has 0 aromatic heterocycles. The summed E-state index contributed by atoms with van der Waals surface area (Å²) >= 11 is 5.74. The molecule has 0 amide bonds. The van der Waals surface area contributed by atoms with Gasteiger partial charge in [-0.15, -0.1) is 0 Å². The predicted octanol–water partition coefficient (Wildman–Crippen LogP) is 4.79. The number of nitrogens with one attached hydrogen (secondary N) is 2. The number of halogens is 2. The van der Waals surface area contributed by atoms with E-state index < -0.39 is 5.82 Å². The Kier molecular flexibility index (Phi) is 6.34. The molecule has 0 fully saturated rings. The second-order valence-corrected chi connectivity index (χ2v) is 5.27. The normalized spacial score (nSPS) is 10.3. The van der Waals surface area contributed by atoms with Crippen LogP contribution in [0.25, 0.3) is 0 Å². The Hall–Kier alpha value is -1.94. The van der Waals surface area contributed by atoms with Gasteiger partial charge >= 0.3 is 0 Å². The van der Waals surface area contributed by atoms with Crippen molar-refractivity contribution in [2.24, 2.45) is 0 Å². The lowest BCUT2D eigenvalue weighted by Gasteiger charge is -2.11. The number of hydrogen-bond acceptors (Lipinski definition) is 3. The Balaban J connectivity index is 1.77. The van der Waals surface area contributed by atoms with Crippen LogP contribution in [-0.2, 0) is 0 Å². The number of benzene rings is 2. The maximum absolute atomic E-state index is 13.1.